The minimum absolute atomic E-state index is 0.445. The van der Waals surface area contributed by atoms with Crippen molar-refractivity contribution in [2.24, 2.45) is 0 Å². The molecule has 1 N–H and O–H groups in total. The lowest BCUT2D eigenvalue weighted by atomic mass is 10.6. The number of nitrogens with one attached hydrogen (secondary N) is 1. The first-order valence-corrected chi connectivity index (χ1v) is 3.56. The topological polar surface area (TPSA) is 29.1 Å². The number of hydrogen-bond acceptors (Lipinski definition) is 2. The molecule has 46 valence electrons. The van der Waals surface area contributed by atoms with E-state index in [-0.39, 0.29) is 0 Å². The van der Waals surface area contributed by atoms with E-state index in [4.69, 9.17) is 0 Å². The van der Waals surface area contributed by atoms with Crippen molar-refractivity contribution in [1.82, 2.24) is 5.32 Å². The Balaban J connectivity index is 2.82. The maximum absolute atomic E-state index is 9.68. The highest BCUT2D eigenvalue weighted by Gasteiger charge is 1.74. The van der Waals surface area contributed by atoms with Crippen molar-refractivity contribution in [3.8, 4) is 0 Å². The first kappa shape index (κ1) is 8.10. The van der Waals surface area contributed by atoms with Gasteiger partial charge in [-0.25, -0.2) is 0 Å². The lowest BCUT2D eigenvalue weighted by Gasteiger charge is -1.88. The zero-order chi connectivity index (χ0) is 6.24. The molecule has 0 unspecified atom stereocenters. The minimum atomic E-state index is 0.445. The van der Waals surface area contributed by atoms with Gasteiger partial charge >= 0.3 is 0 Å². The van der Waals surface area contributed by atoms with Crippen LogP contribution in [0.5, 0.6) is 0 Å². The molecule has 0 aromatic rings. The number of aldehydes is 1. The second-order valence-electron chi connectivity index (χ2n) is 1.19. The van der Waals surface area contributed by atoms with Gasteiger partial charge < -0.3 is 10.1 Å². The van der Waals surface area contributed by atoms with Crippen molar-refractivity contribution < 1.29 is 4.79 Å². The summed E-state index contributed by atoms with van der Waals surface area (Å²) < 4.78 is 1.91. The van der Waals surface area contributed by atoms with Crippen molar-refractivity contribution in [3.05, 3.63) is 10.2 Å². The average Bonchev–Trinajstić information content (AvgIpc) is 1.81. The smallest absolute Gasteiger partial charge is 0.133 e. The molecule has 0 aromatic carbocycles. The van der Waals surface area contributed by atoms with Gasteiger partial charge in [0.1, 0.15) is 6.29 Å². The van der Waals surface area contributed by atoms with E-state index in [0.717, 1.165) is 12.8 Å². The molecule has 0 aromatic heterocycles. The van der Waals surface area contributed by atoms with E-state index in [1.807, 2.05) is 10.2 Å². The molecule has 0 radical (unpaired) electrons. The summed E-state index contributed by atoms with van der Waals surface area (Å²) in [6.45, 7) is 1.22. The summed E-state index contributed by atoms with van der Waals surface area (Å²) >= 11 is 2.13. The Labute approximate surface area is 62.5 Å². The molecule has 0 rings (SSSR count). The van der Waals surface area contributed by atoms with Crippen molar-refractivity contribution in [3.63, 3.8) is 0 Å². The van der Waals surface area contributed by atoms with Crippen LogP contribution in [0.3, 0.4) is 0 Å². The molecule has 0 aliphatic carbocycles. The Bertz CT molecular complexity index is 82.5. The van der Waals surface area contributed by atoms with Crippen molar-refractivity contribution in [2.75, 3.05) is 13.1 Å². The van der Waals surface area contributed by atoms with Crippen LogP contribution in [-0.2, 0) is 4.79 Å². The van der Waals surface area contributed by atoms with Crippen LogP contribution in [0, 0.1) is 0 Å². The number of carbonyl (C=O) groups excluding carboxylic acids is 1. The van der Waals surface area contributed by atoms with Gasteiger partial charge in [-0.1, -0.05) is 28.7 Å². The predicted octanol–water partition coefficient (Wildman–Crippen LogP) is 0.724. The zero-order valence-electron chi connectivity index (χ0n) is 4.43. The van der Waals surface area contributed by atoms with E-state index in [2.05, 4.69) is 27.9 Å². The largest absolute Gasteiger partial charge is 0.307 e. The monoisotopic (exact) mass is 225 g/mol. The molecule has 0 spiro atoms. The molecular weight excluding hydrogens is 217 g/mol. The third-order valence-electron chi connectivity index (χ3n) is 0.579. The van der Waals surface area contributed by atoms with Crippen LogP contribution < -0.4 is 5.32 Å². The zero-order valence-corrected chi connectivity index (χ0v) is 6.59. The van der Waals surface area contributed by atoms with E-state index >= 15 is 0 Å². The van der Waals surface area contributed by atoms with E-state index in [1.165, 1.54) is 0 Å². The second kappa shape index (κ2) is 7.10. The fourth-order valence-electron chi connectivity index (χ4n) is 0.270. The Kier molecular flexibility index (Phi) is 7.19. The fraction of sp³-hybridized carbons (Fsp3) is 0.400. The summed E-state index contributed by atoms with van der Waals surface area (Å²) in [4.78, 5) is 9.68. The standard InChI is InChI=1S/C5H8INO/c6-2-1-3-7-4-5-8/h1-2,5,7H,3-4H2/b2-1-. The molecule has 8 heavy (non-hydrogen) atoms. The fourth-order valence-corrected chi connectivity index (χ4v) is 0.524. The van der Waals surface area contributed by atoms with Crippen LogP contribution in [0.25, 0.3) is 0 Å². The molecule has 3 heteroatoms. The maximum atomic E-state index is 9.68. The molecule has 0 aliphatic heterocycles. The van der Waals surface area contributed by atoms with Gasteiger partial charge in [-0.15, -0.1) is 0 Å². The third-order valence-corrected chi connectivity index (χ3v) is 1.09. The lowest BCUT2D eigenvalue weighted by Crippen LogP contribution is -2.15. The molecule has 2 nitrogen and oxygen atoms in total. The van der Waals surface area contributed by atoms with Gasteiger partial charge in [0.25, 0.3) is 0 Å². The third kappa shape index (κ3) is 6.10. The van der Waals surface area contributed by atoms with Crippen LogP contribution in [0.1, 0.15) is 0 Å². The predicted molar refractivity (Wildman–Crippen MR) is 42.1 cm³/mol. The summed E-state index contributed by atoms with van der Waals surface area (Å²) in [6.07, 6.45) is 2.80. The van der Waals surface area contributed by atoms with E-state index in [9.17, 15) is 4.79 Å². The second-order valence-corrected chi connectivity index (χ2v) is 1.91. The summed E-state index contributed by atoms with van der Waals surface area (Å²) in [6, 6.07) is 0. The van der Waals surface area contributed by atoms with Crippen LogP contribution in [0.4, 0.5) is 0 Å². The molecule has 0 saturated carbocycles. The lowest BCUT2D eigenvalue weighted by molar-refractivity contribution is -0.107. The van der Waals surface area contributed by atoms with Crippen LogP contribution >= 0.6 is 22.6 Å². The van der Waals surface area contributed by atoms with E-state index in [1.54, 1.807) is 0 Å². The number of carbonyl (C=O) groups is 1. The molecule has 0 aliphatic rings. The molecule has 0 saturated heterocycles. The van der Waals surface area contributed by atoms with Gasteiger partial charge in [-0.2, -0.15) is 0 Å². The van der Waals surface area contributed by atoms with E-state index < -0.39 is 0 Å². The average molecular weight is 225 g/mol. The van der Waals surface area contributed by atoms with Crippen LogP contribution in [0.2, 0.25) is 0 Å². The summed E-state index contributed by atoms with van der Waals surface area (Å²) in [5.74, 6) is 0. The molecule has 0 fully saturated rings. The van der Waals surface area contributed by atoms with Crippen molar-refractivity contribution >= 4 is 28.9 Å². The van der Waals surface area contributed by atoms with Crippen molar-refractivity contribution in [2.45, 2.75) is 0 Å². The highest BCUT2D eigenvalue weighted by molar-refractivity contribution is 14.1. The van der Waals surface area contributed by atoms with Gasteiger partial charge in [0, 0.05) is 6.54 Å². The summed E-state index contributed by atoms with van der Waals surface area (Å²) in [7, 11) is 0. The highest BCUT2D eigenvalue weighted by Crippen LogP contribution is 1.79. The highest BCUT2D eigenvalue weighted by atomic mass is 127. The maximum Gasteiger partial charge on any atom is 0.133 e. The number of halogens is 1. The number of rotatable bonds is 4. The van der Waals surface area contributed by atoms with Gasteiger partial charge in [0.15, 0.2) is 0 Å². The van der Waals surface area contributed by atoms with Gasteiger partial charge in [0.2, 0.25) is 0 Å². The molecule has 0 amide bonds. The SMILES string of the molecule is O=CCNC/C=C\I. The number of hydrogen-bond donors (Lipinski definition) is 1. The Morgan fingerprint density at radius 3 is 2.75 bits per heavy atom. The first-order valence-electron chi connectivity index (χ1n) is 2.31. The van der Waals surface area contributed by atoms with E-state index in [0.29, 0.717) is 6.54 Å². The molecule has 0 bridgehead atoms. The molecular formula is C5H8INO. The summed E-state index contributed by atoms with van der Waals surface area (Å²) in [5, 5.41) is 2.88. The molecule has 0 atom stereocenters. The first-order chi connectivity index (χ1) is 3.91. The Hall–Kier alpha value is 0.100. The quantitative estimate of drug-likeness (QED) is 0.434. The summed E-state index contributed by atoms with van der Waals surface area (Å²) in [5.41, 5.74) is 0. The van der Waals surface area contributed by atoms with Crippen molar-refractivity contribution in [1.29, 1.82) is 0 Å². The Morgan fingerprint density at radius 1 is 1.50 bits per heavy atom. The van der Waals surface area contributed by atoms with Gasteiger partial charge in [-0.3, -0.25) is 0 Å². The Morgan fingerprint density at radius 2 is 2.25 bits per heavy atom. The van der Waals surface area contributed by atoms with Gasteiger partial charge in [0.05, 0.1) is 6.54 Å². The normalized spacial score (nSPS) is 10.1. The minimum Gasteiger partial charge on any atom is -0.307 e. The van der Waals surface area contributed by atoms with Crippen LogP contribution in [0.15, 0.2) is 10.2 Å². The molecule has 0 heterocycles. The van der Waals surface area contributed by atoms with Gasteiger partial charge in [-0.05, 0) is 4.08 Å². The van der Waals surface area contributed by atoms with Crippen LogP contribution in [-0.4, -0.2) is 19.4 Å².